The molecule has 1 saturated heterocycles. The number of likely N-dealkylation sites (tertiary alicyclic amines) is 1. The van der Waals surface area contributed by atoms with Crippen LogP contribution in [0.25, 0.3) is 0 Å². The van der Waals surface area contributed by atoms with Crippen molar-refractivity contribution >= 4 is 6.03 Å². The van der Waals surface area contributed by atoms with Crippen LogP contribution in [0.2, 0.25) is 0 Å². The van der Waals surface area contributed by atoms with Crippen LogP contribution in [0.4, 0.5) is 4.79 Å². The molecule has 0 radical (unpaired) electrons. The van der Waals surface area contributed by atoms with E-state index >= 15 is 0 Å². The Morgan fingerprint density at radius 3 is 2.54 bits per heavy atom. The molecule has 0 spiro atoms. The van der Waals surface area contributed by atoms with Gasteiger partial charge in [-0.05, 0) is 45.1 Å². The van der Waals surface area contributed by atoms with Crippen molar-refractivity contribution in [3.8, 4) is 0 Å². The summed E-state index contributed by atoms with van der Waals surface area (Å²) < 4.78 is 0. The number of hydrogen-bond donors (Lipinski definition) is 3. The molecule has 1 aliphatic rings. The molecule has 134 valence electrons. The quantitative estimate of drug-likeness (QED) is 0.716. The molecule has 1 aromatic rings. The number of piperidine rings is 1. The lowest BCUT2D eigenvalue weighted by Gasteiger charge is -2.32. The van der Waals surface area contributed by atoms with E-state index in [-0.39, 0.29) is 12.1 Å². The minimum atomic E-state index is -0.739. The van der Waals surface area contributed by atoms with Crippen molar-refractivity contribution in [2.45, 2.75) is 51.2 Å². The second-order valence-electron chi connectivity index (χ2n) is 7.31. The Balaban J connectivity index is 1.59. The average molecular weight is 333 g/mol. The number of carbonyl (C=O) groups excluding carboxylic acids is 1. The van der Waals surface area contributed by atoms with Gasteiger partial charge in [0.2, 0.25) is 0 Å². The lowest BCUT2D eigenvalue weighted by Crippen LogP contribution is -2.48. The van der Waals surface area contributed by atoms with Crippen LogP contribution in [-0.4, -0.2) is 53.9 Å². The normalized spacial score (nSPS) is 16.8. The molecule has 1 fully saturated rings. The van der Waals surface area contributed by atoms with E-state index < -0.39 is 5.60 Å². The Bertz CT molecular complexity index is 491. The van der Waals surface area contributed by atoms with Gasteiger partial charge in [-0.15, -0.1) is 0 Å². The lowest BCUT2D eigenvalue weighted by atomic mass is 10.0. The van der Waals surface area contributed by atoms with Crippen LogP contribution >= 0.6 is 0 Å². The van der Waals surface area contributed by atoms with Gasteiger partial charge >= 0.3 is 6.03 Å². The average Bonchev–Trinajstić information content (AvgIpc) is 2.54. The summed E-state index contributed by atoms with van der Waals surface area (Å²) in [7, 11) is 0. The molecule has 0 bridgehead atoms. The van der Waals surface area contributed by atoms with E-state index in [0.717, 1.165) is 38.9 Å². The molecule has 3 N–H and O–H groups in total. The highest BCUT2D eigenvalue weighted by Crippen LogP contribution is 2.11. The van der Waals surface area contributed by atoms with Crippen molar-refractivity contribution in [2.75, 3.05) is 26.2 Å². The van der Waals surface area contributed by atoms with E-state index in [0.29, 0.717) is 13.0 Å². The molecule has 0 saturated carbocycles. The molecule has 2 amide bonds. The maximum absolute atomic E-state index is 11.9. The smallest absolute Gasteiger partial charge is 0.315 e. The molecule has 24 heavy (non-hydrogen) atoms. The minimum absolute atomic E-state index is 0.123. The molecule has 5 nitrogen and oxygen atoms in total. The Kier molecular flexibility index (Phi) is 7.06. The molecule has 0 unspecified atom stereocenters. The van der Waals surface area contributed by atoms with Crippen LogP contribution in [0, 0.1) is 0 Å². The van der Waals surface area contributed by atoms with Gasteiger partial charge in [-0.25, -0.2) is 4.79 Å². The molecule has 0 aliphatic carbocycles. The number of carbonyl (C=O) groups is 1. The van der Waals surface area contributed by atoms with Gasteiger partial charge in [-0.1, -0.05) is 30.3 Å². The van der Waals surface area contributed by atoms with Crippen LogP contribution in [-0.2, 0) is 6.42 Å². The number of rotatable bonds is 7. The Hall–Kier alpha value is -1.59. The summed E-state index contributed by atoms with van der Waals surface area (Å²) in [5.41, 5.74) is 0.640. The van der Waals surface area contributed by atoms with Gasteiger partial charge in [-0.2, -0.15) is 0 Å². The molecule has 1 aliphatic heterocycles. The maximum atomic E-state index is 11.9. The van der Waals surface area contributed by atoms with Gasteiger partial charge in [0, 0.05) is 32.2 Å². The number of aliphatic hydroxyl groups is 1. The van der Waals surface area contributed by atoms with E-state index in [1.54, 1.807) is 13.8 Å². The third-order valence-electron chi connectivity index (χ3n) is 4.50. The Morgan fingerprint density at radius 2 is 1.92 bits per heavy atom. The first-order chi connectivity index (χ1) is 11.4. The van der Waals surface area contributed by atoms with E-state index in [9.17, 15) is 9.90 Å². The molecule has 5 heteroatoms. The van der Waals surface area contributed by atoms with E-state index in [2.05, 4.69) is 39.8 Å². The van der Waals surface area contributed by atoms with Crippen LogP contribution < -0.4 is 10.6 Å². The summed E-state index contributed by atoms with van der Waals surface area (Å²) in [6, 6.07) is 10.7. The fraction of sp³-hybridized carbons (Fsp3) is 0.632. The van der Waals surface area contributed by atoms with E-state index in [4.69, 9.17) is 0 Å². The molecule has 1 heterocycles. The predicted molar refractivity (Wildman–Crippen MR) is 97.1 cm³/mol. The van der Waals surface area contributed by atoms with Crippen molar-refractivity contribution in [3.05, 3.63) is 35.9 Å². The Morgan fingerprint density at radius 1 is 1.25 bits per heavy atom. The molecule has 0 aromatic heterocycles. The molecular weight excluding hydrogens is 302 g/mol. The summed E-state index contributed by atoms with van der Waals surface area (Å²) in [6.45, 7) is 7.12. The number of amides is 2. The van der Waals surface area contributed by atoms with Gasteiger partial charge in [0.25, 0.3) is 0 Å². The first kappa shape index (κ1) is 18.7. The number of hydrogen-bond acceptors (Lipinski definition) is 3. The molecule has 1 aromatic carbocycles. The first-order valence-electron chi connectivity index (χ1n) is 8.95. The fourth-order valence-corrected chi connectivity index (χ4v) is 2.95. The Labute approximate surface area is 145 Å². The first-order valence-corrected chi connectivity index (χ1v) is 8.95. The number of nitrogens with one attached hydrogen (secondary N) is 2. The fourth-order valence-electron chi connectivity index (χ4n) is 2.95. The van der Waals surface area contributed by atoms with Gasteiger partial charge < -0.3 is 20.6 Å². The zero-order valence-electron chi connectivity index (χ0n) is 14.9. The van der Waals surface area contributed by atoms with Gasteiger partial charge in [0.05, 0.1) is 5.60 Å². The highest BCUT2D eigenvalue weighted by Gasteiger charge is 2.20. The second kappa shape index (κ2) is 9.04. The zero-order valence-corrected chi connectivity index (χ0v) is 14.9. The highest BCUT2D eigenvalue weighted by molar-refractivity contribution is 5.74. The summed E-state index contributed by atoms with van der Waals surface area (Å²) >= 11 is 0. The number of nitrogens with zero attached hydrogens (tertiary/aromatic N) is 1. The van der Waals surface area contributed by atoms with Crippen molar-refractivity contribution in [2.24, 2.45) is 0 Å². The summed E-state index contributed by atoms with van der Waals surface area (Å²) in [6.07, 6.45) is 3.62. The van der Waals surface area contributed by atoms with Crippen LogP contribution in [0.3, 0.4) is 0 Å². The lowest BCUT2D eigenvalue weighted by molar-refractivity contribution is 0.0719. The molecule has 0 atom stereocenters. The van der Waals surface area contributed by atoms with Gasteiger partial charge in [-0.3, -0.25) is 0 Å². The van der Waals surface area contributed by atoms with Crippen molar-refractivity contribution in [3.63, 3.8) is 0 Å². The van der Waals surface area contributed by atoms with Gasteiger partial charge in [0.1, 0.15) is 0 Å². The maximum Gasteiger partial charge on any atom is 0.315 e. The number of benzene rings is 1. The van der Waals surface area contributed by atoms with Crippen LogP contribution in [0.15, 0.2) is 30.3 Å². The molecular formula is C19H31N3O2. The van der Waals surface area contributed by atoms with Crippen molar-refractivity contribution in [1.29, 1.82) is 0 Å². The van der Waals surface area contributed by atoms with Crippen molar-refractivity contribution < 1.29 is 9.90 Å². The monoisotopic (exact) mass is 333 g/mol. The van der Waals surface area contributed by atoms with Crippen LogP contribution in [0.5, 0.6) is 0 Å². The highest BCUT2D eigenvalue weighted by atomic mass is 16.3. The standard InChI is InChI=1S/C19H31N3O2/c1-19(2,24)11-12-20-18(23)21-17-9-14-22(15-10-17)13-8-16-6-4-3-5-7-16/h3-7,17,24H,8-15H2,1-2H3,(H2,20,21,23). The second-order valence-corrected chi connectivity index (χ2v) is 7.31. The largest absolute Gasteiger partial charge is 0.390 e. The minimum Gasteiger partial charge on any atom is -0.390 e. The predicted octanol–water partition coefficient (Wildman–Crippen LogP) is 2.15. The summed E-state index contributed by atoms with van der Waals surface area (Å²) in [5, 5.41) is 15.5. The topological polar surface area (TPSA) is 64.6 Å². The zero-order chi connectivity index (χ0) is 17.4. The van der Waals surface area contributed by atoms with E-state index in [1.165, 1.54) is 5.56 Å². The van der Waals surface area contributed by atoms with E-state index in [1.807, 2.05) is 6.07 Å². The molecule has 2 rings (SSSR count). The third-order valence-corrected chi connectivity index (χ3v) is 4.50. The van der Waals surface area contributed by atoms with Crippen LogP contribution in [0.1, 0.15) is 38.7 Å². The summed E-state index contributed by atoms with van der Waals surface area (Å²) in [5.74, 6) is 0. The van der Waals surface area contributed by atoms with Gasteiger partial charge in [0.15, 0.2) is 0 Å². The summed E-state index contributed by atoms with van der Waals surface area (Å²) in [4.78, 5) is 14.3. The SMILES string of the molecule is CC(C)(O)CCNC(=O)NC1CCN(CCc2ccccc2)CC1. The van der Waals surface area contributed by atoms with Crippen molar-refractivity contribution in [1.82, 2.24) is 15.5 Å². The number of urea groups is 1. The third kappa shape index (κ3) is 7.32.